The molecule has 0 fully saturated rings. The van der Waals surface area contributed by atoms with Gasteiger partial charge in [-0.25, -0.2) is 9.37 Å². The summed E-state index contributed by atoms with van der Waals surface area (Å²) in [7, 11) is 0. The first-order valence-corrected chi connectivity index (χ1v) is 6.96. The molecule has 0 bridgehead atoms. The molecule has 1 aromatic carbocycles. The van der Waals surface area contributed by atoms with E-state index in [0.29, 0.717) is 6.54 Å². The summed E-state index contributed by atoms with van der Waals surface area (Å²) in [6, 6.07) is 4.89. The van der Waals surface area contributed by atoms with E-state index in [1.54, 1.807) is 17.4 Å². The first-order chi connectivity index (χ1) is 8.16. The monoisotopic (exact) mass is 314 g/mol. The van der Waals surface area contributed by atoms with Gasteiger partial charge in [0.25, 0.3) is 0 Å². The van der Waals surface area contributed by atoms with Gasteiger partial charge in [0.2, 0.25) is 0 Å². The normalized spacial score (nSPS) is 12.6. The largest absolute Gasteiger partial charge is 0.304 e. The van der Waals surface area contributed by atoms with Crippen molar-refractivity contribution in [3.8, 4) is 0 Å². The minimum absolute atomic E-state index is 0.145. The van der Waals surface area contributed by atoms with Gasteiger partial charge >= 0.3 is 0 Å². The van der Waals surface area contributed by atoms with Gasteiger partial charge in [0.15, 0.2) is 0 Å². The molecule has 0 amide bonds. The number of halogens is 2. The van der Waals surface area contributed by atoms with Crippen molar-refractivity contribution in [2.75, 3.05) is 0 Å². The van der Waals surface area contributed by atoms with Crippen molar-refractivity contribution < 1.29 is 4.39 Å². The summed E-state index contributed by atoms with van der Waals surface area (Å²) in [5.74, 6) is -0.229. The molecule has 0 saturated heterocycles. The molecule has 1 unspecified atom stereocenters. The summed E-state index contributed by atoms with van der Waals surface area (Å²) in [6.07, 6.45) is 0. The topological polar surface area (TPSA) is 24.9 Å². The molecule has 2 rings (SSSR count). The Balaban J connectivity index is 2.01. The number of nitrogens with one attached hydrogen (secondary N) is 1. The van der Waals surface area contributed by atoms with Crippen LogP contribution in [0.2, 0.25) is 0 Å². The molecule has 0 radical (unpaired) electrons. The molecule has 90 valence electrons. The van der Waals surface area contributed by atoms with Gasteiger partial charge in [-0.3, -0.25) is 0 Å². The fourth-order valence-corrected chi connectivity index (χ4v) is 2.80. The van der Waals surface area contributed by atoms with E-state index in [2.05, 4.69) is 26.2 Å². The average Bonchev–Trinajstić information content (AvgIpc) is 2.78. The van der Waals surface area contributed by atoms with Crippen LogP contribution in [-0.2, 0) is 6.54 Å². The van der Waals surface area contributed by atoms with Crippen LogP contribution in [-0.4, -0.2) is 4.98 Å². The van der Waals surface area contributed by atoms with Gasteiger partial charge in [0.05, 0.1) is 11.2 Å². The molecule has 1 atom stereocenters. The number of nitrogens with zero attached hydrogens (tertiary/aromatic N) is 1. The highest BCUT2D eigenvalue weighted by molar-refractivity contribution is 9.10. The summed E-state index contributed by atoms with van der Waals surface area (Å²) in [5.41, 5.74) is 3.89. The molecule has 1 heterocycles. The van der Waals surface area contributed by atoms with Crippen molar-refractivity contribution in [1.82, 2.24) is 10.3 Å². The highest BCUT2D eigenvalue weighted by atomic mass is 79.9. The maximum Gasteiger partial charge on any atom is 0.124 e. The predicted octanol–water partition coefficient (Wildman–Crippen LogP) is 3.90. The maximum atomic E-state index is 13.0. The average molecular weight is 315 g/mol. The van der Waals surface area contributed by atoms with E-state index in [0.717, 1.165) is 15.7 Å². The Morgan fingerprint density at radius 3 is 3.00 bits per heavy atom. The van der Waals surface area contributed by atoms with Crippen LogP contribution in [0.3, 0.4) is 0 Å². The van der Waals surface area contributed by atoms with Crippen molar-refractivity contribution in [1.29, 1.82) is 0 Å². The van der Waals surface area contributed by atoms with Crippen LogP contribution in [0.1, 0.15) is 24.2 Å². The molecule has 2 aromatic rings. The Kier molecular flexibility index (Phi) is 4.25. The molecule has 0 aliphatic carbocycles. The third-order valence-electron chi connectivity index (χ3n) is 2.50. The summed E-state index contributed by atoms with van der Waals surface area (Å²) >= 11 is 4.96. The molecule has 17 heavy (non-hydrogen) atoms. The SMILES string of the molecule is CC(NCc1cscn1)c1ccc(F)cc1Br. The van der Waals surface area contributed by atoms with Crippen LogP contribution < -0.4 is 5.32 Å². The van der Waals surface area contributed by atoms with Crippen LogP contribution in [0.25, 0.3) is 0 Å². The zero-order valence-corrected chi connectivity index (χ0v) is 11.7. The Morgan fingerprint density at radius 1 is 1.53 bits per heavy atom. The third kappa shape index (κ3) is 3.34. The molecule has 2 nitrogen and oxygen atoms in total. The number of aromatic nitrogens is 1. The van der Waals surface area contributed by atoms with Crippen molar-refractivity contribution in [3.05, 3.63) is 50.6 Å². The fraction of sp³-hybridized carbons (Fsp3) is 0.250. The van der Waals surface area contributed by atoms with Gasteiger partial charge in [0.1, 0.15) is 5.82 Å². The molecule has 0 saturated carbocycles. The quantitative estimate of drug-likeness (QED) is 0.926. The Labute approximate surface area is 112 Å². The van der Waals surface area contributed by atoms with Crippen molar-refractivity contribution >= 4 is 27.3 Å². The molecule has 1 N–H and O–H groups in total. The van der Waals surface area contributed by atoms with E-state index in [-0.39, 0.29) is 11.9 Å². The summed E-state index contributed by atoms with van der Waals surface area (Å²) in [6.45, 7) is 2.76. The van der Waals surface area contributed by atoms with Crippen LogP contribution in [0.15, 0.2) is 33.6 Å². The van der Waals surface area contributed by atoms with Crippen molar-refractivity contribution in [3.63, 3.8) is 0 Å². The first-order valence-electron chi connectivity index (χ1n) is 5.22. The second-order valence-corrected chi connectivity index (χ2v) is 5.32. The third-order valence-corrected chi connectivity index (χ3v) is 3.82. The van der Waals surface area contributed by atoms with E-state index in [1.807, 2.05) is 17.8 Å². The van der Waals surface area contributed by atoms with Crippen molar-refractivity contribution in [2.24, 2.45) is 0 Å². The smallest absolute Gasteiger partial charge is 0.124 e. The molecular formula is C12H12BrFN2S. The van der Waals surface area contributed by atoms with Gasteiger partial charge in [-0.05, 0) is 24.6 Å². The second kappa shape index (κ2) is 5.71. The van der Waals surface area contributed by atoms with Gasteiger partial charge in [-0.1, -0.05) is 22.0 Å². The van der Waals surface area contributed by atoms with E-state index in [9.17, 15) is 4.39 Å². The van der Waals surface area contributed by atoms with Crippen LogP contribution in [0, 0.1) is 5.82 Å². The highest BCUT2D eigenvalue weighted by Gasteiger charge is 2.09. The summed E-state index contributed by atoms with van der Waals surface area (Å²) in [4.78, 5) is 4.20. The predicted molar refractivity (Wildman–Crippen MR) is 71.5 cm³/mol. The van der Waals surface area contributed by atoms with Gasteiger partial charge in [0, 0.05) is 22.4 Å². The van der Waals surface area contributed by atoms with Gasteiger partial charge < -0.3 is 5.32 Å². The molecular weight excluding hydrogens is 303 g/mol. The van der Waals surface area contributed by atoms with E-state index in [1.165, 1.54) is 12.1 Å². The number of benzene rings is 1. The number of rotatable bonds is 4. The molecule has 0 aliphatic rings. The fourth-order valence-electron chi connectivity index (χ4n) is 1.55. The Hall–Kier alpha value is -0.780. The molecule has 0 aliphatic heterocycles. The highest BCUT2D eigenvalue weighted by Crippen LogP contribution is 2.24. The summed E-state index contributed by atoms with van der Waals surface area (Å²) in [5, 5.41) is 5.37. The van der Waals surface area contributed by atoms with Crippen LogP contribution in [0.5, 0.6) is 0 Å². The number of hydrogen-bond acceptors (Lipinski definition) is 3. The maximum absolute atomic E-state index is 13.0. The van der Waals surface area contributed by atoms with E-state index < -0.39 is 0 Å². The molecule has 5 heteroatoms. The van der Waals surface area contributed by atoms with E-state index in [4.69, 9.17) is 0 Å². The van der Waals surface area contributed by atoms with Gasteiger partial charge in [-0.15, -0.1) is 11.3 Å². The molecule has 0 spiro atoms. The van der Waals surface area contributed by atoms with Crippen LogP contribution >= 0.6 is 27.3 Å². The molecule has 1 aromatic heterocycles. The van der Waals surface area contributed by atoms with Crippen molar-refractivity contribution in [2.45, 2.75) is 19.5 Å². The Morgan fingerprint density at radius 2 is 2.35 bits per heavy atom. The second-order valence-electron chi connectivity index (χ2n) is 3.75. The minimum Gasteiger partial charge on any atom is -0.304 e. The minimum atomic E-state index is -0.229. The number of hydrogen-bond donors (Lipinski definition) is 1. The Bertz CT molecular complexity index is 487. The lowest BCUT2D eigenvalue weighted by molar-refractivity contribution is 0.564. The zero-order valence-electron chi connectivity index (χ0n) is 9.28. The zero-order chi connectivity index (χ0) is 12.3. The summed E-state index contributed by atoms with van der Waals surface area (Å²) < 4.78 is 13.7. The van der Waals surface area contributed by atoms with E-state index >= 15 is 0 Å². The van der Waals surface area contributed by atoms with Crippen LogP contribution in [0.4, 0.5) is 4.39 Å². The van der Waals surface area contributed by atoms with Gasteiger partial charge in [-0.2, -0.15) is 0 Å². The first kappa shape index (κ1) is 12.7. The standard InChI is InChI=1S/C12H12BrFN2S/c1-8(15-5-10-6-17-7-16-10)11-3-2-9(14)4-12(11)13/h2-4,6-8,15H,5H2,1H3. The number of thiazole rings is 1. The lowest BCUT2D eigenvalue weighted by Crippen LogP contribution is -2.18. The lowest BCUT2D eigenvalue weighted by Gasteiger charge is -2.15. The lowest BCUT2D eigenvalue weighted by atomic mass is 10.1.